The topological polar surface area (TPSA) is 57.2 Å². The molecule has 1 aliphatic heterocycles. The standard InChI is InChI=1S/C10H18N.CHF3O3S/c1-3-7-11(8-4-2)9-5-6-10-11;2-1(3,4)8(5,6)7/h3-4H,1-2,5-10H2;(H,5,6,7)/q+1;/p-1. The van der Waals surface area contributed by atoms with Gasteiger partial charge in [0, 0.05) is 12.8 Å². The molecule has 0 saturated carbocycles. The zero-order valence-corrected chi connectivity index (χ0v) is 11.3. The molecule has 0 radical (unpaired) electrons. The van der Waals surface area contributed by atoms with E-state index < -0.39 is 15.6 Å². The Bertz CT molecular complexity index is 386. The summed E-state index contributed by atoms with van der Waals surface area (Å²) in [5.41, 5.74) is -5.65. The molecule has 0 bridgehead atoms. The van der Waals surface area contributed by atoms with Gasteiger partial charge in [0.1, 0.15) is 0 Å². The third-order valence-electron chi connectivity index (χ3n) is 2.83. The lowest BCUT2D eigenvalue weighted by molar-refractivity contribution is -0.905. The van der Waals surface area contributed by atoms with Crippen molar-refractivity contribution in [1.29, 1.82) is 0 Å². The second-order valence-electron chi connectivity index (χ2n) is 4.34. The molecule has 112 valence electrons. The van der Waals surface area contributed by atoms with Gasteiger partial charge >= 0.3 is 5.51 Å². The highest BCUT2D eigenvalue weighted by molar-refractivity contribution is 7.86. The maximum atomic E-state index is 10.7. The summed E-state index contributed by atoms with van der Waals surface area (Å²) in [5.74, 6) is 0. The summed E-state index contributed by atoms with van der Waals surface area (Å²) < 4.78 is 60.1. The lowest BCUT2D eigenvalue weighted by atomic mass is 10.3. The molecule has 1 saturated heterocycles. The van der Waals surface area contributed by atoms with Crippen molar-refractivity contribution in [1.82, 2.24) is 0 Å². The van der Waals surface area contributed by atoms with Crippen LogP contribution >= 0.6 is 0 Å². The molecule has 0 aliphatic carbocycles. The monoisotopic (exact) mass is 301 g/mol. The Hall–Kier alpha value is -0.860. The van der Waals surface area contributed by atoms with Crippen LogP contribution in [-0.2, 0) is 10.1 Å². The molecule has 0 aromatic carbocycles. The Morgan fingerprint density at radius 3 is 1.63 bits per heavy atom. The Morgan fingerprint density at radius 2 is 1.42 bits per heavy atom. The minimum Gasteiger partial charge on any atom is -0.741 e. The highest BCUT2D eigenvalue weighted by atomic mass is 32.2. The van der Waals surface area contributed by atoms with E-state index in [1.54, 1.807) is 0 Å². The average molecular weight is 301 g/mol. The number of alkyl halides is 3. The summed E-state index contributed by atoms with van der Waals surface area (Å²) >= 11 is 0. The molecule has 1 aliphatic rings. The Morgan fingerprint density at radius 1 is 1.11 bits per heavy atom. The van der Waals surface area contributed by atoms with E-state index in [2.05, 4.69) is 13.2 Å². The van der Waals surface area contributed by atoms with Crippen LogP contribution in [0.1, 0.15) is 12.8 Å². The van der Waals surface area contributed by atoms with E-state index in [0.29, 0.717) is 0 Å². The predicted molar refractivity (Wildman–Crippen MR) is 65.1 cm³/mol. The molecule has 0 unspecified atom stereocenters. The average Bonchev–Trinajstić information content (AvgIpc) is 2.65. The van der Waals surface area contributed by atoms with Crippen LogP contribution in [0.15, 0.2) is 25.3 Å². The van der Waals surface area contributed by atoms with E-state index in [9.17, 15) is 13.2 Å². The first kappa shape index (κ1) is 18.1. The van der Waals surface area contributed by atoms with Crippen LogP contribution in [0.3, 0.4) is 0 Å². The van der Waals surface area contributed by atoms with Crippen molar-refractivity contribution in [2.45, 2.75) is 18.3 Å². The van der Waals surface area contributed by atoms with Gasteiger partial charge in [0.2, 0.25) is 0 Å². The fraction of sp³-hybridized carbons (Fsp3) is 0.636. The van der Waals surface area contributed by atoms with Crippen molar-refractivity contribution in [2.24, 2.45) is 0 Å². The van der Waals surface area contributed by atoms with E-state index in [1.165, 1.54) is 30.4 Å². The van der Waals surface area contributed by atoms with E-state index in [-0.39, 0.29) is 0 Å². The number of rotatable bonds is 4. The predicted octanol–water partition coefficient (Wildman–Crippen LogP) is 2.02. The number of likely N-dealkylation sites (tertiary alicyclic amines) is 1. The van der Waals surface area contributed by atoms with E-state index >= 15 is 0 Å². The van der Waals surface area contributed by atoms with Gasteiger partial charge in [-0.2, -0.15) is 13.2 Å². The van der Waals surface area contributed by atoms with Crippen LogP contribution in [0, 0.1) is 0 Å². The molecule has 0 atom stereocenters. The minimum absolute atomic E-state index is 1.12. The molecule has 0 amide bonds. The lowest BCUT2D eigenvalue weighted by Crippen LogP contribution is -2.45. The van der Waals surface area contributed by atoms with Crippen LogP contribution in [0.2, 0.25) is 0 Å². The molecule has 0 aromatic rings. The third kappa shape index (κ3) is 6.22. The second kappa shape index (κ2) is 7.06. The summed E-state index contributed by atoms with van der Waals surface area (Å²) in [7, 11) is -6.09. The SMILES string of the molecule is C=CC[N+]1(CC=C)CCCC1.O=S(=O)([O-])C(F)(F)F. The molecule has 1 rings (SSSR count). The number of nitrogens with zero attached hydrogens (tertiary/aromatic N) is 1. The summed E-state index contributed by atoms with van der Waals surface area (Å²) in [6, 6.07) is 0. The second-order valence-corrected chi connectivity index (χ2v) is 5.71. The summed E-state index contributed by atoms with van der Waals surface area (Å²) in [6.07, 6.45) is 6.83. The largest absolute Gasteiger partial charge is 0.741 e. The van der Waals surface area contributed by atoms with Gasteiger partial charge in [0.15, 0.2) is 10.1 Å². The third-order valence-corrected chi connectivity index (χ3v) is 3.40. The number of halogens is 3. The molecule has 1 heterocycles. The minimum atomic E-state index is -6.09. The zero-order valence-electron chi connectivity index (χ0n) is 10.5. The van der Waals surface area contributed by atoms with Crippen LogP contribution in [0.25, 0.3) is 0 Å². The molecule has 1 fully saturated rings. The Kier molecular flexibility index (Phi) is 6.74. The summed E-state index contributed by atoms with van der Waals surface area (Å²) in [5, 5.41) is 0. The first-order valence-electron chi connectivity index (χ1n) is 5.67. The number of hydrogen-bond donors (Lipinski definition) is 0. The maximum absolute atomic E-state index is 10.7. The first-order valence-corrected chi connectivity index (χ1v) is 7.08. The van der Waals surface area contributed by atoms with Crippen LogP contribution in [0.5, 0.6) is 0 Å². The van der Waals surface area contributed by atoms with Crippen LogP contribution in [0.4, 0.5) is 13.2 Å². The van der Waals surface area contributed by atoms with Crippen molar-refractivity contribution in [3.8, 4) is 0 Å². The molecule has 0 N–H and O–H groups in total. The van der Waals surface area contributed by atoms with Crippen LogP contribution in [-0.4, -0.2) is 49.1 Å². The molecule has 19 heavy (non-hydrogen) atoms. The fourth-order valence-corrected chi connectivity index (χ4v) is 1.99. The first-order chi connectivity index (χ1) is 8.58. The van der Waals surface area contributed by atoms with Gasteiger partial charge < -0.3 is 9.04 Å². The van der Waals surface area contributed by atoms with Crippen molar-refractivity contribution in [3.63, 3.8) is 0 Å². The Balaban J connectivity index is 0.000000362. The van der Waals surface area contributed by atoms with Crippen LogP contribution < -0.4 is 0 Å². The van der Waals surface area contributed by atoms with Gasteiger partial charge in [-0.1, -0.05) is 13.2 Å². The quantitative estimate of drug-likeness (QED) is 0.345. The molecule has 0 spiro atoms. The fourth-order valence-electron chi connectivity index (χ4n) is 1.99. The van der Waals surface area contributed by atoms with Gasteiger partial charge in [0.25, 0.3) is 0 Å². The summed E-state index contributed by atoms with van der Waals surface area (Å²) in [6.45, 7) is 12.5. The van der Waals surface area contributed by atoms with Crippen molar-refractivity contribution in [2.75, 3.05) is 26.2 Å². The van der Waals surface area contributed by atoms with Gasteiger partial charge in [-0.15, -0.1) is 0 Å². The van der Waals surface area contributed by atoms with E-state index in [4.69, 9.17) is 13.0 Å². The van der Waals surface area contributed by atoms with Gasteiger partial charge in [0.05, 0.1) is 26.2 Å². The molecular formula is C11H18F3NO3S. The highest BCUT2D eigenvalue weighted by Crippen LogP contribution is 2.20. The molecule has 8 heteroatoms. The van der Waals surface area contributed by atoms with Crippen molar-refractivity contribution >= 4 is 10.1 Å². The zero-order chi connectivity index (χ0) is 15.2. The number of quaternary nitrogens is 1. The molecule has 4 nitrogen and oxygen atoms in total. The lowest BCUT2D eigenvalue weighted by Gasteiger charge is -2.31. The maximum Gasteiger partial charge on any atom is 0.485 e. The van der Waals surface area contributed by atoms with Gasteiger partial charge in [-0.25, -0.2) is 8.42 Å². The normalized spacial score (nSPS) is 18.3. The van der Waals surface area contributed by atoms with Gasteiger partial charge in [-0.3, -0.25) is 0 Å². The summed E-state index contributed by atoms with van der Waals surface area (Å²) in [4.78, 5) is 0. The number of hydrogen-bond acceptors (Lipinski definition) is 3. The van der Waals surface area contributed by atoms with E-state index in [0.717, 1.165) is 13.1 Å². The van der Waals surface area contributed by atoms with E-state index in [1.807, 2.05) is 12.2 Å². The molecular weight excluding hydrogens is 283 g/mol. The van der Waals surface area contributed by atoms with Gasteiger partial charge in [-0.05, 0) is 12.2 Å². The molecule has 0 aromatic heterocycles. The Labute approximate surface area is 111 Å². The highest BCUT2D eigenvalue weighted by Gasteiger charge is 2.36. The smallest absolute Gasteiger partial charge is 0.485 e. The van der Waals surface area contributed by atoms with Crippen molar-refractivity contribution in [3.05, 3.63) is 25.3 Å². The van der Waals surface area contributed by atoms with Crippen molar-refractivity contribution < 1.29 is 30.6 Å².